The molecule has 0 amide bonds. The van der Waals surface area contributed by atoms with Crippen LogP contribution in [-0.4, -0.2) is 11.6 Å². The van der Waals surface area contributed by atoms with E-state index < -0.39 is 5.60 Å². The topological polar surface area (TPSA) is 52.3 Å². The number of hydrogen-bond donors (Lipinski definition) is 1. The van der Waals surface area contributed by atoms with Gasteiger partial charge in [0.15, 0.2) is 0 Å². The summed E-state index contributed by atoms with van der Waals surface area (Å²) in [6, 6.07) is 5.08. The van der Waals surface area contributed by atoms with Crippen molar-refractivity contribution in [2.75, 3.05) is 5.73 Å². The van der Waals surface area contributed by atoms with E-state index in [0.29, 0.717) is 10.7 Å². The summed E-state index contributed by atoms with van der Waals surface area (Å²) in [6.45, 7) is 5.49. The van der Waals surface area contributed by atoms with Crippen molar-refractivity contribution in [3.05, 3.63) is 28.8 Å². The molecule has 0 heterocycles. The fourth-order valence-corrected chi connectivity index (χ4v) is 1.50. The number of benzene rings is 1. The van der Waals surface area contributed by atoms with E-state index in [2.05, 4.69) is 0 Å². The van der Waals surface area contributed by atoms with Gasteiger partial charge in [0.05, 0.1) is 6.42 Å². The molecule has 0 fully saturated rings. The summed E-state index contributed by atoms with van der Waals surface area (Å²) in [5, 5.41) is 0.492. The van der Waals surface area contributed by atoms with Gasteiger partial charge in [-0.15, -0.1) is 0 Å². The standard InChI is InChI=1S/C12H16ClNO2/c1-12(2,3)16-11(15)6-8-4-5-9(14)7-10(8)13/h4-5,7H,6,14H2,1-3H3. The quantitative estimate of drug-likeness (QED) is 0.640. The molecule has 2 N–H and O–H groups in total. The summed E-state index contributed by atoms with van der Waals surface area (Å²) in [5.74, 6) is -0.292. The summed E-state index contributed by atoms with van der Waals surface area (Å²) in [6.07, 6.45) is 0.163. The van der Waals surface area contributed by atoms with Crippen molar-refractivity contribution in [3.63, 3.8) is 0 Å². The molecule has 0 atom stereocenters. The third-order valence-corrected chi connectivity index (χ3v) is 2.18. The summed E-state index contributed by atoms with van der Waals surface area (Å²) < 4.78 is 5.20. The molecule has 1 rings (SSSR count). The maximum atomic E-state index is 11.6. The minimum Gasteiger partial charge on any atom is -0.460 e. The number of halogens is 1. The second-order valence-corrected chi connectivity index (χ2v) is 5.02. The first-order valence-corrected chi connectivity index (χ1v) is 5.41. The molecular weight excluding hydrogens is 226 g/mol. The van der Waals surface area contributed by atoms with Gasteiger partial charge >= 0.3 is 5.97 Å². The Balaban J connectivity index is 2.70. The second kappa shape index (κ2) is 4.74. The molecule has 0 radical (unpaired) electrons. The van der Waals surface area contributed by atoms with Gasteiger partial charge in [0.1, 0.15) is 5.60 Å². The van der Waals surface area contributed by atoms with E-state index >= 15 is 0 Å². The third kappa shape index (κ3) is 4.11. The molecule has 0 bridgehead atoms. The Morgan fingerprint density at radius 1 is 1.44 bits per heavy atom. The van der Waals surface area contributed by atoms with Crippen LogP contribution < -0.4 is 5.73 Å². The lowest BCUT2D eigenvalue weighted by Crippen LogP contribution is -2.25. The van der Waals surface area contributed by atoms with Gasteiger partial charge in [-0.25, -0.2) is 0 Å². The first-order chi connectivity index (χ1) is 7.28. The minimum absolute atomic E-state index is 0.163. The number of carbonyl (C=O) groups is 1. The minimum atomic E-state index is -0.475. The second-order valence-electron chi connectivity index (χ2n) is 4.61. The van der Waals surface area contributed by atoms with Crippen molar-refractivity contribution in [3.8, 4) is 0 Å². The molecule has 88 valence electrons. The van der Waals surface area contributed by atoms with Crippen LogP contribution in [0, 0.1) is 0 Å². The van der Waals surface area contributed by atoms with E-state index in [-0.39, 0.29) is 12.4 Å². The molecule has 0 saturated carbocycles. The highest BCUT2D eigenvalue weighted by Crippen LogP contribution is 2.20. The number of hydrogen-bond acceptors (Lipinski definition) is 3. The Morgan fingerprint density at radius 2 is 2.06 bits per heavy atom. The zero-order valence-corrected chi connectivity index (χ0v) is 10.5. The number of esters is 1. The van der Waals surface area contributed by atoms with Gasteiger partial charge in [0, 0.05) is 10.7 Å². The van der Waals surface area contributed by atoms with Crippen LogP contribution in [0.1, 0.15) is 26.3 Å². The molecule has 0 unspecified atom stereocenters. The Bertz CT molecular complexity index is 396. The van der Waals surface area contributed by atoms with Crippen molar-refractivity contribution < 1.29 is 9.53 Å². The molecule has 0 aromatic heterocycles. The van der Waals surface area contributed by atoms with Crippen molar-refractivity contribution in [2.45, 2.75) is 32.8 Å². The van der Waals surface area contributed by atoms with Crippen molar-refractivity contribution >= 4 is 23.3 Å². The lowest BCUT2D eigenvalue weighted by atomic mass is 10.1. The fraction of sp³-hybridized carbons (Fsp3) is 0.417. The largest absolute Gasteiger partial charge is 0.460 e. The van der Waals surface area contributed by atoms with E-state index in [0.717, 1.165) is 5.56 Å². The average molecular weight is 242 g/mol. The monoisotopic (exact) mass is 241 g/mol. The number of rotatable bonds is 2. The molecule has 0 saturated heterocycles. The summed E-state index contributed by atoms with van der Waals surface area (Å²) in [5.41, 5.74) is 6.39. The first kappa shape index (κ1) is 12.8. The molecule has 16 heavy (non-hydrogen) atoms. The Kier molecular flexibility index (Phi) is 3.81. The molecular formula is C12H16ClNO2. The highest BCUT2D eigenvalue weighted by molar-refractivity contribution is 6.31. The molecule has 3 nitrogen and oxygen atoms in total. The predicted octanol–water partition coefficient (Wildman–Crippen LogP) is 2.81. The Labute approximate surface area is 101 Å². The van der Waals surface area contributed by atoms with Crippen LogP contribution in [0.2, 0.25) is 5.02 Å². The third-order valence-electron chi connectivity index (χ3n) is 1.83. The van der Waals surface area contributed by atoms with Crippen molar-refractivity contribution in [2.24, 2.45) is 0 Å². The molecule has 0 aliphatic rings. The number of carbonyl (C=O) groups excluding carboxylic acids is 1. The Hall–Kier alpha value is -1.22. The molecule has 1 aromatic carbocycles. The van der Waals surface area contributed by atoms with E-state index in [1.165, 1.54) is 0 Å². The molecule has 1 aromatic rings. The maximum absolute atomic E-state index is 11.6. The van der Waals surface area contributed by atoms with E-state index in [1.807, 2.05) is 20.8 Å². The number of ether oxygens (including phenoxy) is 1. The van der Waals surface area contributed by atoms with Crippen LogP contribution in [0.3, 0.4) is 0 Å². The zero-order chi connectivity index (χ0) is 12.3. The van der Waals surface area contributed by atoms with Gasteiger partial charge in [0.2, 0.25) is 0 Å². The lowest BCUT2D eigenvalue weighted by Gasteiger charge is -2.19. The van der Waals surface area contributed by atoms with Crippen LogP contribution in [0.4, 0.5) is 5.69 Å². The average Bonchev–Trinajstić information content (AvgIpc) is 2.06. The summed E-state index contributed by atoms with van der Waals surface area (Å²) in [4.78, 5) is 11.6. The fourth-order valence-electron chi connectivity index (χ4n) is 1.24. The van der Waals surface area contributed by atoms with Crippen molar-refractivity contribution in [1.29, 1.82) is 0 Å². The van der Waals surface area contributed by atoms with E-state index in [4.69, 9.17) is 22.1 Å². The molecule has 0 aliphatic carbocycles. The van der Waals surface area contributed by atoms with Crippen LogP contribution in [0.5, 0.6) is 0 Å². The smallest absolute Gasteiger partial charge is 0.310 e. The van der Waals surface area contributed by atoms with Crippen molar-refractivity contribution in [1.82, 2.24) is 0 Å². The Morgan fingerprint density at radius 3 is 2.56 bits per heavy atom. The number of anilines is 1. The number of nitrogens with two attached hydrogens (primary N) is 1. The predicted molar refractivity (Wildman–Crippen MR) is 65.4 cm³/mol. The van der Waals surface area contributed by atoms with E-state index in [1.54, 1.807) is 18.2 Å². The summed E-state index contributed by atoms with van der Waals surface area (Å²) in [7, 11) is 0. The van der Waals surface area contributed by atoms with Crippen LogP contribution in [0.15, 0.2) is 18.2 Å². The molecule has 0 spiro atoms. The number of nitrogen functional groups attached to an aromatic ring is 1. The molecule has 4 heteroatoms. The van der Waals surface area contributed by atoms with Gasteiger partial charge in [-0.1, -0.05) is 17.7 Å². The van der Waals surface area contributed by atoms with Crippen LogP contribution in [0.25, 0.3) is 0 Å². The van der Waals surface area contributed by atoms with Gasteiger partial charge in [-0.05, 0) is 38.5 Å². The van der Waals surface area contributed by atoms with Crippen LogP contribution in [-0.2, 0) is 16.0 Å². The lowest BCUT2D eigenvalue weighted by molar-refractivity contribution is -0.153. The summed E-state index contributed by atoms with van der Waals surface area (Å²) >= 11 is 5.96. The van der Waals surface area contributed by atoms with Gasteiger partial charge in [-0.3, -0.25) is 4.79 Å². The van der Waals surface area contributed by atoms with Crippen LogP contribution >= 0.6 is 11.6 Å². The highest BCUT2D eigenvalue weighted by Gasteiger charge is 2.17. The maximum Gasteiger partial charge on any atom is 0.310 e. The first-order valence-electron chi connectivity index (χ1n) is 5.04. The van der Waals surface area contributed by atoms with Gasteiger partial charge < -0.3 is 10.5 Å². The van der Waals surface area contributed by atoms with Gasteiger partial charge in [0.25, 0.3) is 0 Å². The molecule has 0 aliphatic heterocycles. The normalized spacial score (nSPS) is 11.2. The highest BCUT2D eigenvalue weighted by atomic mass is 35.5. The SMILES string of the molecule is CC(C)(C)OC(=O)Cc1ccc(N)cc1Cl. The van der Waals surface area contributed by atoms with E-state index in [9.17, 15) is 4.79 Å². The van der Waals surface area contributed by atoms with Gasteiger partial charge in [-0.2, -0.15) is 0 Å². The zero-order valence-electron chi connectivity index (χ0n) is 9.71.